The SMILES string of the molecule is Cc1cc(Nc2cccc(C(=O)NC(C)(C)CCN)c2)c2ccccc2n1. The predicted octanol–water partition coefficient (Wildman–Crippen LogP) is 4.14. The molecule has 0 bridgehead atoms. The highest BCUT2D eigenvalue weighted by Gasteiger charge is 2.20. The lowest BCUT2D eigenvalue weighted by Crippen LogP contribution is -2.44. The standard InChI is InChI=1S/C22H26N4O/c1-15-13-20(18-9-4-5-10-19(18)24-15)25-17-8-6-7-16(14-17)21(27)26-22(2,3)11-12-23/h4-10,13-14H,11-12,23H2,1-3H3,(H,24,25)(H,26,27). The molecule has 0 saturated heterocycles. The Labute approximate surface area is 160 Å². The van der Waals surface area contributed by atoms with Crippen LogP contribution in [-0.4, -0.2) is 23.0 Å². The van der Waals surface area contributed by atoms with Gasteiger partial charge in [0.25, 0.3) is 5.91 Å². The Morgan fingerprint density at radius 3 is 2.67 bits per heavy atom. The number of pyridine rings is 1. The Kier molecular flexibility index (Phi) is 5.42. The number of amides is 1. The van der Waals surface area contributed by atoms with Crippen molar-refractivity contribution in [3.05, 3.63) is 65.9 Å². The molecule has 1 heterocycles. The van der Waals surface area contributed by atoms with E-state index in [1.807, 2.05) is 75.4 Å². The summed E-state index contributed by atoms with van der Waals surface area (Å²) >= 11 is 0. The minimum atomic E-state index is -0.340. The van der Waals surface area contributed by atoms with Crippen molar-refractivity contribution in [2.75, 3.05) is 11.9 Å². The monoisotopic (exact) mass is 362 g/mol. The minimum Gasteiger partial charge on any atom is -0.355 e. The van der Waals surface area contributed by atoms with Crippen molar-refractivity contribution in [3.8, 4) is 0 Å². The molecule has 0 saturated carbocycles. The van der Waals surface area contributed by atoms with Crippen LogP contribution in [0.3, 0.4) is 0 Å². The van der Waals surface area contributed by atoms with Crippen LogP contribution >= 0.6 is 0 Å². The van der Waals surface area contributed by atoms with Crippen LogP contribution in [-0.2, 0) is 0 Å². The van der Waals surface area contributed by atoms with Gasteiger partial charge in [-0.15, -0.1) is 0 Å². The van der Waals surface area contributed by atoms with E-state index in [9.17, 15) is 4.79 Å². The summed E-state index contributed by atoms with van der Waals surface area (Å²) in [6, 6.07) is 17.5. The molecule has 0 aliphatic carbocycles. The number of aromatic nitrogens is 1. The normalized spacial score (nSPS) is 11.4. The summed E-state index contributed by atoms with van der Waals surface area (Å²) < 4.78 is 0. The van der Waals surface area contributed by atoms with Crippen LogP contribution in [0.2, 0.25) is 0 Å². The molecule has 0 spiro atoms. The first kappa shape index (κ1) is 18.9. The fourth-order valence-corrected chi connectivity index (χ4v) is 3.11. The van der Waals surface area contributed by atoms with E-state index >= 15 is 0 Å². The van der Waals surface area contributed by atoms with Gasteiger partial charge in [0.15, 0.2) is 0 Å². The van der Waals surface area contributed by atoms with Gasteiger partial charge in [-0.3, -0.25) is 9.78 Å². The first-order valence-electron chi connectivity index (χ1n) is 9.14. The number of carbonyl (C=O) groups excluding carboxylic acids is 1. The summed E-state index contributed by atoms with van der Waals surface area (Å²) in [6.07, 6.45) is 0.721. The van der Waals surface area contributed by atoms with Gasteiger partial charge in [-0.1, -0.05) is 24.3 Å². The van der Waals surface area contributed by atoms with E-state index in [-0.39, 0.29) is 11.4 Å². The largest absolute Gasteiger partial charge is 0.355 e. The molecule has 1 amide bonds. The number of hydrogen-bond acceptors (Lipinski definition) is 4. The van der Waals surface area contributed by atoms with E-state index in [0.717, 1.165) is 34.4 Å². The van der Waals surface area contributed by atoms with Crippen molar-refractivity contribution in [1.82, 2.24) is 10.3 Å². The Morgan fingerprint density at radius 1 is 1.11 bits per heavy atom. The van der Waals surface area contributed by atoms with E-state index < -0.39 is 0 Å². The molecule has 3 aromatic rings. The molecule has 4 N–H and O–H groups in total. The summed E-state index contributed by atoms with van der Waals surface area (Å²) in [5, 5.41) is 7.52. The molecule has 0 fully saturated rings. The van der Waals surface area contributed by atoms with Crippen molar-refractivity contribution < 1.29 is 4.79 Å². The molecule has 0 atom stereocenters. The zero-order chi connectivity index (χ0) is 19.4. The Morgan fingerprint density at radius 2 is 1.89 bits per heavy atom. The van der Waals surface area contributed by atoms with Gasteiger partial charge in [-0.2, -0.15) is 0 Å². The maximum Gasteiger partial charge on any atom is 0.251 e. The number of nitrogens with two attached hydrogens (primary N) is 1. The summed E-state index contributed by atoms with van der Waals surface area (Å²) in [5.41, 5.74) is 9.61. The average Bonchev–Trinajstić information content (AvgIpc) is 2.61. The number of aryl methyl sites for hydroxylation is 1. The van der Waals surface area contributed by atoms with Crippen LogP contribution in [0.1, 0.15) is 36.3 Å². The number of hydrogen-bond donors (Lipinski definition) is 3. The summed E-state index contributed by atoms with van der Waals surface area (Å²) in [4.78, 5) is 17.2. The second-order valence-corrected chi connectivity index (χ2v) is 7.41. The van der Waals surface area contributed by atoms with Gasteiger partial charge in [0.05, 0.1) is 5.52 Å². The lowest BCUT2D eigenvalue weighted by molar-refractivity contribution is 0.0910. The third kappa shape index (κ3) is 4.63. The predicted molar refractivity (Wildman–Crippen MR) is 111 cm³/mol. The molecule has 0 aliphatic rings. The van der Waals surface area contributed by atoms with Gasteiger partial charge in [-0.25, -0.2) is 0 Å². The maximum atomic E-state index is 12.6. The van der Waals surface area contributed by atoms with Crippen LogP contribution in [0.5, 0.6) is 0 Å². The zero-order valence-corrected chi connectivity index (χ0v) is 16.0. The van der Waals surface area contributed by atoms with Gasteiger partial charge >= 0.3 is 0 Å². The Bertz CT molecular complexity index is 965. The molecule has 5 nitrogen and oxygen atoms in total. The van der Waals surface area contributed by atoms with E-state index in [1.54, 1.807) is 0 Å². The summed E-state index contributed by atoms with van der Waals surface area (Å²) in [5.74, 6) is -0.104. The van der Waals surface area contributed by atoms with E-state index in [4.69, 9.17) is 5.73 Å². The Hall–Kier alpha value is -2.92. The van der Waals surface area contributed by atoms with Crippen LogP contribution in [0, 0.1) is 6.92 Å². The third-order valence-corrected chi connectivity index (χ3v) is 4.47. The number of nitrogens with one attached hydrogen (secondary N) is 2. The lowest BCUT2D eigenvalue weighted by atomic mass is 10.00. The van der Waals surface area contributed by atoms with E-state index in [0.29, 0.717) is 12.1 Å². The Balaban J connectivity index is 1.86. The first-order valence-corrected chi connectivity index (χ1v) is 9.14. The fourth-order valence-electron chi connectivity index (χ4n) is 3.11. The van der Waals surface area contributed by atoms with Crippen LogP contribution in [0.4, 0.5) is 11.4 Å². The van der Waals surface area contributed by atoms with Crippen LogP contribution < -0.4 is 16.4 Å². The maximum absolute atomic E-state index is 12.6. The molecular weight excluding hydrogens is 336 g/mol. The molecule has 27 heavy (non-hydrogen) atoms. The molecule has 1 aromatic heterocycles. The molecule has 140 valence electrons. The second-order valence-electron chi connectivity index (χ2n) is 7.41. The average molecular weight is 362 g/mol. The highest BCUT2D eigenvalue weighted by atomic mass is 16.1. The van der Waals surface area contributed by atoms with Gasteiger partial charge in [0.2, 0.25) is 0 Å². The van der Waals surface area contributed by atoms with Crippen molar-refractivity contribution in [2.24, 2.45) is 5.73 Å². The van der Waals surface area contributed by atoms with Gasteiger partial charge in [-0.05, 0) is 64.1 Å². The van der Waals surface area contributed by atoms with Gasteiger partial charge in [0, 0.05) is 33.6 Å². The van der Waals surface area contributed by atoms with Crippen LogP contribution in [0.25, 0.3) is 10.9 Å². The van der Waals surface area contributed by atoms with Gasteiger partial charge < -0.3 is 16.4 Å². The second kappa shape index (κ2) is 7.76. The number of benzene rings is 2. The topological polar surface area (TPSA) is 80.0 Å². The lowest BCUT2D eigenvalue weighted by Gasteiger charge is -2.25. The highest BCUT2D eigenvalue weighted by Crippen LogP contribution is 2.26. The molecule has 0 aliphatic heterocycles. The zero-order valence-electron chi connectivity index (χ0n) is 16.0. The summed E-state index contributed by atoms with van der Waals surface area (Å²) in [6.45, 7) is 6.46. The number of fused-ring (bicyclic) bond motifs is 1. The molecular formula is C22H26N4O. The highest BCUT2D eigenvalue weighted by molar-refractivity contribution is 5.97. The number of rotatable bonds is 6. The number of para-hydroxylation sites is 1. The molecule has 3 rings (SSSR count). The molecule has 2 aromatic carbocycles. The molecule has 0 unspecified atom stereocenters. The van der Waals surface area contributed by atoms with Crippen molar-refractivity contribution in [1.29, 1.82) is 0 Å². The third-order valence-electron chi connectivity index (χ3n) is 4.47. The number of anilines is 2. The van der Waals surface area contributed by atoms with E-state index in [2.05, 4.69) is 15.6 Å². The number of carbonyl (C=O) groups is 1. The van der Waals surface area contributed by atoms with Crippen molar-refractivity contribution in [3.63, 3.8) is 0 Å². The smallest absolute Gasteiger partial charge is 0.251 e. The first-order chi connectivity index (χ1) is 12.9. The van der Waals surface area contributed by atoms with Crippen molar-refractivity contribution in [2.45, 2.75) is 32.7 Å². The van der Waals surface area contributed by atoms with E-state index in [1.165, 1.54) is 0 Å². The fraction of sp³-hybridized carbons (Fsp3) is 0.273. The molecule has 0 radical (unpaired) electrons. The summed E-state index contributed by atoms with van der Waals surface area (Å²) in [7, 11) is 0. The number of nitrogens with zero attached hydrogens (tertiary/aromatic N) is 1. The minimum absolute atomic E-state index is 0.104. The van der Waals surface area contributed by atoms with Crippen molar-refractivity contribution >= 4 is 28.2 Å². The molecule has 5 heteroatoms. The van der Waals surface area contributed by atoms with Gasteiger partial charge in [0.1, 0.15) is 0 Å². The van der Waals surface area contributed by atoms with Crippen LogP contribution in [0.15, 0.2) is 54.6 Å². The quantitative estimate of drug-likeness (QED) is 0.615.